The van der Waals surface area contributed by atoms with Gasteiger partial charge in [0, 0.05) is 5.56 Å². The predicted molar refractivity (Wildman–Crippen MR) is 76.0 cm³/mol. The summed E-state index contributed by atoms with van der Waals surface area (Å²) in [6.45, 7) is 3.05. The largest absolute Gasteiger partial charge is 0.437 e. The fourth-order valence-electron chi connectivity index (χ4n) is 2.32. The lowest BCUT2D eigenvalue weighted by Crippen LogP contribution is -2.32. The fraction of sp³-hybridized carbons (Fsp3) is 0.200. The number of hydrogen-bond donors (Lipinski definition) is 1. The molecular formula is C15H15O3P. The van der Waals surface area contributed by atoms with Crippen molar-refractivity contribution in [3.05, 3.63) is 48.5 Å². The molecule has 1 heterocycles. The third-order valence-corrected chi connectivity index (χ3v) is 6.26. The Morgan fingerprint density at radius 1 is 1.00 bits per heavy atom. The minimum absolute atomic E-state index is 0.562. The van der Waals surface area contributed by atoms with Gasteiger partial charge >= 0.3 is 7.37 Å². The maximum atomic E-state index is 13.2. The third kappa shape index (κ3) is 1.73. The van der Waals surface area contributed by atoms with Crippen LogP contribution in [0, 0.1) is 0 Å². The van der Waals surface area contributed by atoms with Crippen LogP contribution in [0.1, 0.15) is 13.8 Å². The number of para-hydroxylation sites is 1. The van der Waals surface area contributed by atoms with E-state index in [0.29, 0.717) is 11.1 Å². The molecule has 0 fully saturated rings. The molecule has 0 saturated carbocycles. The Morgan fingerprint density at radius 3 is 2.26 bits per heavy atom. The number of aliphatic hydroxyl groups is 1. The Morgan fingerprint density at radius 2 is 1.58 bits per heavy atom. The Kier molecular flexibility index (Phi) is 2.60. The average molecular weight is 274 g/mol. The SMILES string of the molecule is CC(C)(O)P1(=O)Oc2ccccc2-c2ccccc21. The highest BCUT2D eigenvalue weighted by atomic mass is 31.2. The summed E-state index contributed by atoms with van der Waals surface area (Å²) in [7, 11) is -3.36. The van der Waals surface area contributed by atoms with E-state index >= 15 is 0 Å². The van der Waals surface area contributed by atoms with Crippen molar-refractivity contribution in [3.8, 4) is 16.9 Å². The van der Waals surface area contributed by atoms with Gasteiger partial charge in [-0.25, -0.2) is 0 Å². The molecule has 3 nitrogen and oxygen atoms in total. The molecule has 0 radical (unpaired) electrons. The summed E-state index contributed by atoms with van der Waals surface area (Å²) in [4.78, 5) is 0. The van der Waals surface area contributed by atoms with E-state index in [9.17, 15) is 9.67 Å². The Balaban J connectivity index is 2.35. The molecule has 98 valence electrons. The molecule has 1 unspecified atom stereocenters. The summed E-state index contributed by atoms with van der Waals surface area (Å²) in [5, 5.41) is 9.45. The maximum absolute atomic E-state index is 13.2. The molecule has 2 aromatic rings. The van der Waals surface area contributed by atoms with Crippen LogP contribution in [0.25, 0.3) is 11.1 Å². The molecular weight excluding hydrogens is 259 g/mol. The second kappa shape index (κ2) is 3.96. The highest BCUT2D eigenvalue weighted by molar-refractivity contribution is 7.69. The first-order valence-electron chi connectivity index (χ1n) is 6.14. The van der Waals surface area contributed by atoms with Crippen LogP contribution in [0.4, 0.5) is 0 Å². The van der Waals surface area contributed by atoms with E-state index < -0.39 is 12.7 Å². The lowest BCUT2D eigenvalue weighted by Gasteiger charge is -2.35. The van der Waals surface area contributed by atoms with Crippen molar-refractivity contribution in [2.45, 2.75) is 19.2 Å². The molecule has 1 aliphatic heterocycles. The average Bonchev–Trinajstić information content (AvgIpc) is 2.38. The van der Waals surface area contributed by atoms with Crippen molar-refractivity contribution >= 4 is 12.7 Å². The summed E-state index contributed by atoms with van der Waals surface area (Å²) in [5.41, 5.74) is 1.78. The van der Waals surface area contributed by atoms with E-state index in [1.165, 1.54) is 13.8 Å². The van der Waals surface area contributed by atoms with E-state index in [1.807, 2.05) is 36.4 Å². The first-order valence-corrected chi connectivity index (χ1v) is 7.77. The summed E-state index contributed by atoms with van der Waals surface area (Å²) in [5.74, 6) is 0.562. The zero-order chi connectivity index (χ0) is 13.7. The van der Waals surface area contributed by atoms with Gasteiger partial charge in [-0.3, -0.25) is 4.57 Å². The monoisotopic (exact) mass is 274 g/mol. The van der Waals surface area contributed by atoms with Crippen molar-refractivity contribution in [3.63, 3.8) is 0 Å². The van der Waals surface area contributed by atoms with Gasteiger partial charge in [0.25, 0.3) is 0 Å². The molecule has 3 rings (SSSR count). The van der Waals surface area contributed by atoms with E-state index in [-0.39, 0.29) is 0 Å². The minimum Gasteiger partial charge on any atom is -0.437 e. The van der Waals surface area contributed by atoms with Crippen molar-refractivity contribution in [2.24, 2.45) is 0 Å². The van der Waals surface area contributed by atoms with Gasteiger partial charge in [-0.15, -0.1) is 0 Å². The van der Waals surface area contributed by atoms with Crippen molar-refractivity contribution in [2.75, 3.05) is 0 Å². The van der Waals surface area contributed by atoms with Crippen LogP contribution in [-0.4, -0.2) is 10.4 Å². The summed E-state index contributed by atoms with van der Waals surface area (Å²) in [6.07, 6.45) is 0. The van der Waals surface area contributed by atoms with E-state index in [1.54, 1.807) is 12.1 Å². The van der Waals surface area contributed by atoms with Gasteiger partial charge in [-0.1, -0.05) is 36.4 Å². The quantitative estimate of drug-likeness (QED) is 0.811. The van der Waals surface area contributed by atoms with Crippen LogP contribution < -0.4 is 9.83 Å². The second-order valence-electron chi connectivity index (χ2n) is 5.15. The third-order valence-electron chi connectivity index (χ3n) is 3.35. The molecule has 0 saturated heterocycles. The minimum atomic E-state index is -3.36. The highest BCUT2D eigenvalue weighted by Gasteiger charge is 2.47. The topological polar surface area (TPSA) is 46.5 Å². The van der Waals surface area contributed by atoms with Crippen molar-refractivity contribution in [1.82, 2.24) is 0 Å². The van der Waals surface area contributed by atoms with Gasteiger partial charge in [-0.05, 0) is 31.5 Å². The van der Waals surface area contributed by atoms with Crippen LogP contribution in [-0.2, 0) is 4.57 Å². The van der Waals surface area contributed by atoms with Gasteiger partial charge in [-0.2, -0.15) is 0 Å². The molecule has 1 aliphatic rings. The first kappa shape index (κ1) is 12.5. The molecule has 0 spiro atoms. The fourth-order valence-corrected chi connectivity index (χ4v) is 4.46. The highest BCUT2D eigenvalue weighted by Crippen LogP contribution is 2.61. The number of fused-ring (bicyclic) bond motifs is 3. The smallest absolute Gasteiger partial charge is 0.307 e. The lowest BCUT2D eigenvalue weighted by molar-refractivity contribution is 0.152. The molecule has 1 atom stereocenters. The van der Waals surface area contributed by atoms with Crippen LogP contribution in [0.2, 0.25) is 0 Å². The molecule has 19 heavy (non-hydrogen) atoms. The van der Waals surface area contributed by atoms with E-state index in [0.717, 1.165) is 11.1 Å². The molecule has 0 amide bonds. The van der Waals surface area contributed by atoms with Crippen molar-refractivity contribution in [1.29, 1.82) is 0 Å². The molecule has 1 N–H and O–H groups in total. The summed E-state index contributed by atoms with van der Waals surface area (Å²) >= 11 is 0. The lowest BCUT2D eigenvalue weighted by atomic mass is 10.0. The van der Waals surface area contributed by atoms with Crippen LogP contribution in [0.15, 0.2) is 48.5 Å². The zero-order valence-electron chi connectivity index (χ0n) is 10.8. The maximum Gasteiger partial charge on any atom is 0.307 e. The van der Waals surface area contributed by atoms with E-state index in [4.69, 9.17) is 4.52 Å². The second-order valence-corrected chi connectivity index (χ2v) is 8.01. The van der Waals surface area contributed by atoms with E-state index in [2.05, 4.69) is 0 Å². The van der Waals surface area contributed by atoms with Gasteiger partial charge in [0.2, 0.25) is 0 Å². The van der Waals surface area contributed by atoms with Crippen LogP contribution in [0.5, 0.6) is 5.75 Å². The molecule has 4 heteroatoms. The summed E-state index contributed by atoms with van der Waals surface area (Å²) < 4.78 is 18.9. The zero-order valence-corrected chi connectivity index (χ0v) is 11.7. The van der Waals surface area contributed by atoms with Gasteiger partial charge in [0.15, 0.2) is 0 Å². The molecule has 0 bridgehead atoms. The Labute approximate surface area is 112 Å². The molecule has 0 aliphatic carbocycles. The Hall–Kier alpha value is -1.57. The van der Waals surface area contributed by atoms with Crippen molar-refractivity contribution < 1.29 is 14.2 Å². The first-order chi connectivity index (χ1) is 8.93. The van der Waals surface area contributed by atoms with Crippen LogP contribution in [0.3, 0.4) is 0 Å². The number of hydrogen-bond acceptors (Lipinski definition) is 3. The standard InChI is InChI=1S/C15H15O3P/c1-15(2,16)19(17)14-10-6-4-8-12(14)11-7-3-5-9-13(11)18-19/h3-10,16H,1-2H3. The molecule has 0 aromatic heterocycles. The normalized spacial score (nSPS) is 21.2. The Bertz CT molecular complexity index is 686. The number of rotatable bonds is 1. The molecule has 2 aromatic carbocycles. The van der Waals surface area contributed by atoms with Gasteiger partial charge in [0.1, 0.15) is 11.1 Å². The van der Waals surface area contributed by atoms with Gasteiger partial charge < -0.3 is 9.63 Å². The predicted octanol–water partition coefficient (Wildman–Crippen LogP) is 3.38. The number of benzene rings is 2. The van der Waals surface area contributed by atoms with Crippen LogP contribution >= 0.6 is 7.37 Å². The van der Waals surface area contributed by atoms with Gasteiger partial charge in [0.05, 0.1) is 5.30 Å². The summed E-state index contributed by atoms with van der Waals surface area (Å²) in [6, 6.07) is 14.9.